The Morgan fingerprint density at radius 3 is 2.36 bits per heavy atom. The summed E-state index contributed by atoms with van der Waals surface area (Å²) in [4.78, 5) is 38.8. The zero-order chi connectivity index (χ0) is 20.3. The number of benzene rings is 2. The Kier molecular flexibility index (Phi) is 5.99. The highest BCUT2D eigenvalue weighted by molar-refractivity contribution is 6.30. The Balaban J connectivity index is 1.61. The Morgan fingerprint density at radius 1 is 1.11 bits per heavy atom. The van der Waals surface area contributed by atoms with Crippen molar-refractivity contribution < 1.29 is 23.9 Å². The van der Waals surface area contributed by atoms with Crippen molar-refractivity contribution in [2.75, 3.05) is 18.6 Å². The molecule has 28 heavy (non-hydrogen) atoms. The van der Waals surface area contributed by atoms with Crippen LogP contribution in [0.4, 0.5) is 5.69 Å². The molecule has 2 aromatic rings. The van der Waals surface area contributed by atoms with E-state index in [1.807, 2.05) is 0 Å². The van der Waals surface area contributed by atoms with Gasteiger partial charge in [-0.1, -0.05) is 11.6 Å². The van der Waals surface area contributed by atoms with E-state index in [1.165, 1.54) is 18.9 Å². The van der Waals surface area contributed by atoms with Crippen LogP contribution in [0.3, 0.4) is 0 Å². The zero-order valence-electron chi connectivity index (χ0n) is 15.6. The number of rotatable bonds is 6. The van der Waals surface area contributed by atoms with E-state index in [9.17, 15) is 14.4 Å². The van der Waals surface area contributed by atoms with Gasteiger partial charge in [0.25, 0.3) is 0 Å². The summed E-state index contributed by atoms with van der Waals surface area (Å²) in [5, 5.41) is 0.567. The third-order valence-electron chi connectivity index (χ3n) is 4.63. The molecule has 1 heterocycles. The molecule has 0 bridgehead atoms. The van der Waals surface area contributed by atoms with Crippen LogP contribution in [-0.4, -0.2) is 37.4 Å². The number of halogens is 1. The number of carbonyl (C=O) groups is 3. The van der Waals surface area contributed by atoms with Gasteiger partial charge in [0.2, 0.25) is 11.7 Å². The van der Waals surface area contributed by atoms with Crippen molar-refractivity contribution in [3.05, 3.63) is 59.1 Å². The molecule has 0 unspecified atom stereocenters. The van der Waals surface area contributed by atoms with Crippen molar-refractivity contribution in [2.45, 2.75) is 19.4 Å². The van der Waals surface area contributed by atoms with Gasteiger partial charge in [0.15, 0.2) is 6.10 Å². The van der Waals surface area contributed by atoms with E-state index in [4.69, 9.17) is 21.1 Å². The molecule has 0 aliphatic carbocycles. The first-order valence-corrected chi connectivity index (χ1v) is 9.21. The maximum Gasteiger partial charge on any atom is 0.312 e. The van der Waals surface area contributed by atoms with E-state index in [0.29, 0.717) is 22.0 Å². The Bertz CT molecular complexity index is 879. The van der Waals surface area contributed by atoms with Crippen LogP contribution in [-0.2, 0) is 14.3 Å². The van der Waals surface area contributed by atoms with Gasteiger partial charge >= 0.3 is 5.97 Å². The van der Waals surface area contributed by atoms with Crippen LogP contribution in [0.15, 0.2) is 48.5 Å². The second-order valence-corrected chi connectivity index (χ2v) is 6.99. The number of hydrogen-bond donors (Lipinski definition) is 0. The van der Waals surface area contributed by atoms with E-state index in [-0.39, 0.29) is 24.7 Å². The molecule has 0 aromatic heterocycles. The molecule has 0 spiro atoms. The lowest BCUT2D eigenvalue weighted by Crippen LogP contribution is -2.30. The predicted molar refractivity (Wildman–Crippen MR) is 105 cm³/mol. The number of anilines is 1. The largest absolute Gasteiger partial charge is 0.497 e. The van der Waals surface area contributed by atoms with Crippen molar-refractivity contribution in [2.24, 2.45) is 5.92 Å². The van der Waals surface area contributed by atoms with Crippen molar-refractivity contribution in [1.82, 2.24) is 0 Å². The van der Waals surface area contributed by atoms with E-state index < -0.39 is 18.0 Å². The third kappa shape index (κ3) is 4.34. The molecule has 1 aliphatic rings. The van der Waals surface area contributed by atoms with Crippen LogP contribution in [0.5, 0.6) is 5.75 Å². The Labute approximate surface area is 168 Å². The summed E-state index contributed by atoms with van der Waals surface area (Å²) in [5.74, 6) is -1.02. The molecule has 2 aromatic carbocycles. The van der Waals surface area contributed by atoms with Crippen LogP contribution < -0.4 is 9.64 Å². The van der Waals surface area contributed by atoms with Crippen LogP contribution in [0.1, 0.15) is 23.7 Å². The lowest BCUT2D eigenvalue weighted by atomic mass is 10.1. The Hall–Kier alpha value is -2.86. The highest BCUT2D eigenvalue weighted by atomic mass is 35.5. The fraction of sp³-hybridized carbons (Fsp3) is 0.286. The van der Waals surface area contributed by atoms with Gasteiger partial charge in [-0.2, -0.15) is 0 Å². The number of carbonyl (C=O) groups excluding carboxylic acids is 3. The van der Waals surface area contributed by atoms with Gasteiger partial charge in [-0.15, -0.1) is 0 Å². The average Bonchev–Trinajstić information content (AvgIpc) is 3.10. The molecule has 146 valence electrons. The fourth-order valence-corrected chi connectivity index (χ4v) is 3.18. The van der Waals surface area contributed by atoms with Gasteiger partial charge in [0.1, 0.15) is 5.75 Å². The van der Waals surface area contributed by atoms with E-state index in [0.717, 1.165) is 0 Å². The predicted octanol–water partition coefficient (Wildman–Crippen LogP) is 3.52. The summed E-state index contributed by atoms with van der Waals surface area (Å²) >= 11 is 5.87. The van der Waals surface area contributed by atoms with Gasteiger partial charge in [-0.3, -0.25) is 14.4 Å². The lowest BCUT2D eigenvalue weighted by Gasteiger charge is -2.18. The molecule has 1 saturated heterocycles. The van der Waals surface area contributed by atoms with Gasteiger partial charge in [0, 0.05) is 29.2 Å². The smallest absolute Gasteiger partial charge is 0.312 e. The maximum absolute atomic E-state index is 12.5. The number of nitrogens with zero attached hydrogens (tertiary/aromatic N) is 1. The number of Topliss-reactive ketones (excluding diaryl/α,β-unsaturated/α-hetero) is 1. The topological polar surface area (TPSA) is 72.9 Å². The van der Waals surface area contributed by atoms with Crippen molar-refractivity contribution in [1.29, 1.82) is 0 Å². The second kappa shape index (κ2) is 8.44. The van der Waals surface area contributed by atoms with Gasteiger partial charge in [-0.05, 0) is 55.5 Å². The van der Waals surface area contributed by atoms with Gasteiger partial charge in [0.05, 0.1) is 13.0 Å². The summed E-state index contributed by atoms with van der Waals surface area (Å²) in [5.41, 5.74) is 1.10. The number of ketones is 1. The lowest BCUT2D eigenvalue weighted by molar-refractivity contribution is -0.151. The molecule has 3 rings (SSSR count). The molecule has 1 fully saturated rings. The minimum absolute atomic E-state index is 0.0465. The number of hydrogen-bond acceptors (Lipinski definition) is 5. The quantitative estimate of drug-likeness (QED) is 0.547. The standard InChI is InChI=1S/C21H20ClNO5/c1-13(20(25)14-3-9-18(27-2)10-4-14)28-21(26)15-11-19(24)23(12-15)17-7-5-16(22)6-8-17/h3-10,13,15H,11-12H2,1-2H3/t13-,15+/m0/s1. The first-order chi connectivity index (χ1) is 13.4. The van der Waals surface area contributed by atoms with Crippen molar-refractivity contribution in [3.8, 4) is 5.75 Å². The molecule has 0 N–H and O–H groups in total. The molecule has 2 atom stereocenters. The number of esters is 1. The summed E-state index contributed by atoms with van der Waals surface area (Å²) in [6.45, 7) is 1.74. The van der Waals surface area contributed by atoms with Crippen molar-refractivity contribution in [3.63, 3.8) is 0 Å². The molecular weight excluding hydrogens is 382 g/mol. The highest BCUT2D eigenvalue weighted by Crippen LogP contribution is 2.27. The SMILES string of the molecule is COc1ccc(C(=O)[C@H](C)OC(=O)[C@@H]2CC(=O)N(c3ccc(Cl)cc3)C2)cc1. The first kappa shape index (κ1) is 19.9. The average molecular weight is 402 g/mol. The Morgan fingerprint density at radius 2 is 1.75 bits per heavy atom. The van der Waals surface area contributed by atoms with Crippen LogP contribution in [0.2, 0.25) is 5.02 Å². The number of methoxy groups -OCH3 is 1. The summed E-state index contributed by atoms with van der Waals surface area (Å²) in [6, 6.07) is 13.4. The van der Waals surface area contributed by atoms with Gasteiger partial charge in [-0.25, -0.2) is 0 Å². The fourth-order valence-electron chi connectivity index (χ4n) is 3.05. The summed E-state index contributed by atoms with van der Waals surface area (Å²) in [7, 11) is 1.54. The van der Waals surface area contributed by atoms with Crippen molar-refractivity contribution >= 4 is 34.9 Å². The second-order valence-electron chi connectivity index (χ2n) is 6.55. The molecule has 0 saturated carbocycles. The first-order valence-electron chi connectivity index (χ1n) is 8.83. The third-order valence-corrected chi connectivity index (χ3v) is 4.89. The number of amides is 1. The summed E-state index contributed by atoms with van der Waals surface area (Å²) < 4.78 is 10.4. The van der Waals surface area contributed by atoms with Crippen LogP contribution in [0, 0.1) is 5.92 Å². The van der Waals surface area contributed by atoms with E-state index in [2.05, 4.69) is 0 Å². The van der Waals surface area contributed by atoms with E-state index in [1.54, 1.807) is 48.5 Å². The maximum atomic E-state index is 12.5. The molecule has 6 nitrogen and oxygen atoms in total. The molecule has 1 amide bonds. The minimum Gasteiger partial charge on any atom is -0.497 e. The molecule has 1 aliphatic heterocycles. The zero-order valence-corrected chi connectivity index (χ0v) is 16.3. The highest BCUT2D eigenvalue weighted by Gasteiger charge is 2.37. The minimum atomic E-state index is -0.944. The van der Waals surface area contributed by atoms with Crippen LogP contribution in [0.25, 0.3) is 0 Å². The number of ether oxygens (including phenoxy) is 2. The van der Waals surface area contributed by atoms with E-state index >= 15 is 0 Å². The van der Waals surface area contributed by atoms with Crippen LogP contribution >= 0.6 is 11.6 Å². The molecule has 7 heteroatoms. The monoisotopic (exact) mass is 401 g/mol. The molecule has 0 radical (unpaired) electrons. The summed E-state index contributed by atoms with van der Waals surface area (Å²) in [6.07, 6.45) is -0.897. The molecular formula is C21H20ClNO5. The normalized spacial score (nSPS) is 17.3. The van der Waals surface area contributed by atoms with Gasteiger partial charge < -0.3 is 14.4 Å².